The van der Waals surface area contributed by atoms with Gasteiger partial charge < -0.3 is 4.74 Å². The molecule has 0 N–H and O–H groups in total. The quantitative estimate of drug-likeness (QED) is 0.753. The Morgan fingerprint density at radius 3 is 2.42 bits per heavy atom. The first-order chi connectivity index (χ1) is 9.06. The van der Waals surface area contributed by atoms with E-state index >= 15 is 0 Å². The van der Waals surface area contributed by atoms with Crippen LogP contribution in [-0.2, 0) is 4.74 Å². The maximum absolute atomic E-state index is 12.1. The Morgan fingerprint density at radius 2 is 1.84 bits per heavy atom. The van der Waals surface area contributed by atoms with Gasteiger partial charge in [-0.25, -0.2) is 4.79 Å². The first kappa shape index (κ1) is 12.2. The Morgan fingerprint density at radius 1 is 1.16 bits per heavy atom. The number of allylic oxidation sites excluding steroid dienone is 1. The Bertz CT molecular complexity index is 553. The summed E-state index contributed by atoms with van der Waals surface area (Å²) in [5.74, 6) is 0.524. The van der Waals surface area contributed by atoms with Crippen LogP contribution in [0.5, 0.6) is 0 Å². The number of fused-ring (bicyclic) bond motifs is 2. The van der Waals surface area contributed by atoms with Gasteiger partial charge in [-0.3, -0.25) is 0 Å². The second-order valence-electron chi connectivity index (χ2n) is 5.64. The molecule has 2 aliphatic carbocycles. The molecule has 2 fully saturated rings. The van der Waals surface area contributed by atoms with E-state index in [1.807, 2.05) is 31.2 Å². The molecule has 0 radical (unpaired) electrons. The Balaban J connectivity index is 1.70. The van der Waals surface area contributed by atoms with Gasteiger partial charge in [0.05, 0.1) is 5.56 Å². The van der Waals surface area contributed by atoms with Gasteiger partial charge in [0.2, 0.25) is 0 Å². The first-order valence-electron chi connectivity index (χ1n) is 6.72. The summed E-state index contributed by atoms with van der Waals surface area (Å²) >= 11 is 0. The largest absolute Gasteiger partial charge is 0.458 e. The summed E-state index contributed by atoms with van der Waals surface area (Å²) in [6.07, 6.45) is 1.93. The van der Waals surface area contributed by atoms with Crippen molar-refractivity contribution in [2.45, 2.75) is 25.9 Å². The van der Waals surface area contributed by atoms with Gasteiger partial charge in [0, 0.05) is 5.92 Å². The van der Waals surface area contributed by atoms with Crippen molar-refractivity contribution in [2.24, 2.45) is 11.8 Å². The van der Waals surface area contributed by atoms with Crippen LogP contribution >= 0.6 is 0 Å². The highest BCUT2D eigenvalue weighted by molar-refractivity contribution is 5.89. The van der Waals surface area contributed by atoms with Crippen LogP contribution in [0.1, 0.15) is 28.8 Å². The highest BCUT2D eigenvalue weighted by atomic mass is 16.5. The maximum Gasteiger partial charge on any atom is 0.338 e. The van der Waals surface area contributed by atoms with Gasteiger partial charge in [-0.1, -0.05) is 30.9 Å². The molecule has 2 aliphatic rings. The summed E-state index contributed by atoms with van der Waals surface area (Å²) in [5, 5.41) is 0. The molecule has 98 valence electrons. The molecule has 2 bridgehead atoms. The third kappa shape index (κ3) is 2.01. The number of hydrogen-bond acceptors (Lipinski definition) is 2. The smallest absolute Gasteiger partial charge is 0.338 e. The van der Waals surface area contributed by atoms with Crippen LogP contribution in [0.3, 0.4) is 0 Å². The molecule has 3 atom stereocenters. The fourth-order valence-corrected chi connectivity index (χ4v) is 3.18. The summed E-state index contributed by atoms with van der Waals surface area (Å²) < 4.78 is 5.65. The van der Waals surface area contributed by atoms with Gasteiger partial charge >= 0.3 is 5.97 Å². The van der Waals surface area contributed by atoms with Gasteiger partial charge in [0.25, 0.3) is 0 Å². The second-order valence-corrected chi connectivity index (χ2v) is 5.64. The van der Waals surface area contributed by atoms with E-state index < -0.39 is 0 Å². The molecule has 2 heteroatoms. The molecule has 0 amide bonds. The molecular weight excluding hydrogens is 236 g/mol. The van der Waals surface area contributed by atoms with E-state index in [0.29, 0.717) is 11.5 Å². The molecule has 2 nitrogen and oxygen atoms in total. The highest BCUT2D eigenvalue weighted by Crippen LogP contribution is 2.51. The van der Waals surface area contributed by atoms with Crippen LogP contribution < -0.4 is 0 Å². The average Bonchev–Trinajstić information content (AvgIpc) is 2.91. The van der Waals surface area contributed by atoms with E-state index in [1.54, 1.807) is 0 Å². The van der Waals surface area contributed by atoms with E-state index in [1.165, 1.54) is 0 Å². The van der Waals surface area contributed by atoms with Gasteiger partial charge in [-0.15, -0.1) is 0 Å². The Kier molecular flexibility index (Phi) is 2.81. The molecule has 0 unspecified atom stereocenters. The van der Waals surface area contributed by atoms with Crippen molar-refractivity contribution < 1.29 is 9.53 Å². The lowest BCUT2D eigenvalue weighted by Gasteiger charge is -2.25. The van der Waals surface area contributed by atoms with Gasteiger partial charge in [-0.05, 0) is 49.0 Å². The van der Waals surface area contributed by atoms with E-state index in [2.05, 4.69) is 13.2 Å². The second kappa shape index (κ2) is 4.37. The van der Waals surface area contributed by atoms with Crippen LogP contribution in [0.25, 0.3) is 0 Å². The lowest BCUT2D eigenvalue weighted by molar-refractivity contribution is 0.0229. The van der Waals surface area contributed by atoms with Gasteiger partial charge in [0.15, 0.2) is 0 Å². The van der Waals surface area contributed by atoms with E-state index in [9.17, 15) is 4.79 Å². The first-order valence-corrected chi connectivity index (χ1v) is 6.72. The van der Waals surface area contributed by atoms with E-state index in [-0.39, 0.29) is 18.0 Å². The molecule has 0 aromatic heterocycles. The molecule has 19 heavy (non-hydrogen) atoms. The van der Waals surface area contributed by atoms with Crippen molar-refractivity contribution in [3.8, 4) is 0 Å². The normalized spacial score (nSPS) is 28.8. The lowest BCUT2D eigenvalue weighted by atomic mass is 9.90. The van der Waals surface area contributed by atoms with Crippen molar-refractivity contribution in [3.05, 3.63) is 59.7 Å². The number of hydrogen-bond donors (Lipinski definition) is 0. The third-order valence-electron chi connectivity index (χ3n) is 4.40. The average molecular weight is 254 g/mol. The molecule has 0 spiro atoms. The minimum absolute atomic E-state index is 0.0168. The van der Waals surface area contributed by atoms with Crippen LogP contribution in [0.15, 0.2) is 48.6 Å². The SMILES string of the molecule is C=C1C(=C)[C@@H]2C[C@H]1C[C@@H]2OC(=O)c1ccc(C)cc1. The van der Waals surface area contributed by atoms with E-state index in [4.69, 9.17) is 4.74 Å². The molecule has 1 aromatic carbocycles. The Labute approximate surface area is 113 Å². The van der Waals surface area contributed by atoms with Crippen molar-refractivity contribution >= 4 is 5.97 Å². The predicted octanol–water partition coefficient (Wildman–Crippen LogP) is 3.67. The third-order valence-corrected chi connectivity index (χ3v) is 4.40. The number of rotatable bonds is 2. The van der Waals surface area contributed by atoms with Crippen molar-refractivity contribution in [1.29, 1.82) is 0 Å². The zero-order valence-electron chi connectivity index (χ0n) is 11.2. The molecule has 0 saturated heterocycles. The fourth-order valence-electron chi connectivity index (χ4n) is 3.18. The maximum atomic E-state index is 12.1. The fraction of sp³-hybridized carbons (Fsp3) is 0.353. The zero-order valence-corrected chi connectivity index (χ0v) is 11.2. The molecule has 0 heterocycles. The lowest BCUT2D eigenvalue weighted by Crippen LogP contribution is -2.25. The zero-order chi connectivity index (χ0) is 13.6. The number of carbonyl (C=O) groups is 1. The van der Waals surface area contributed by atoms with Crippen LogP contribution in [0, 0.1) is 18.8 Å². The minimum atomic E-state index is -0.226. The van der Waals surface area contributed by atoms with Crippen LogP contribution in [0.4, 0.5) is 0 Å². The summed E-state index contributed by atoms with van der Waals surface area (Å²) in [7, 11) is 0. The number of carbonyl (C=O) groups excluding carboxylic acids is 1. The number of benzene rings is 1. The Hall–Kier alpha value is -1.83. The molecule has 1 aromatic rings. The van der Waals surface area contributed by atoms with Crippen LogP contribution in [-0.4, -0.2) is 12.1 Å². The summed E-state index contributed by atoms with van der Waals surface area (Å²) in [5.41, 5.74) is 4.00. The topological polar surface area (TPSA) is 26.3 Å². The molecule has 3 rings (SSSR count). The standard InChI is InChI=1S/C17H18O2/c1-10-4-6-13(7-5-10)17(18)19-16-9-14-8-15(16)12(3)11(14)2/h4-7,14-16H,2-3,8-9H2,1H3/t14-,15-,16-/m0/s1. The van der Waals surface area contributed by atoms with Gasteiger partial charge in [0.1, 0.15) is 6.10 Å². The van der Waals surface area contributed by atoms with Crippen molar-refractivity contribution in [1.82, 2.24) is 0 Å². The molecular formula is C17H18O2. The number of aryl methyl sites for hydroxylation is 1. The minimum Gasteiger partial charge on any atom is -0.458 e. The summed E-state index contributed by atoms with van der Waals surface area (Å²) in [6, 6.07) is 7.49. The number of ether oxygens (including phenoxy) is 1. The summed E-state index contributed by atoms with van der Waals surface area (Å²) in [4.78, 5) is 12.1. The van der Waals surface area contributed by atoms with Crippen molar-refractivity contribution in [2.75, 3.05) is 0 Å². The summed E-state index contributed by atoms with van der Waals surface area (Å²) in [6.45, 7) is 10.1. The molecule has 0 aliphatic heterocycles. The highest BCUT2D eigenvalue weighted by Gasteiger charge is 2.46. The number of esters is 1. The predicted molar refractivity (Wildman–Crippen MR) is 74.9 cm³/mol. The van der Waals surface area contributed by atoms with Gasteiger partial charge in [-0.2, -0.15) is 0 Å². The van der Waals surface area contributed by atoms with Crippen molar-refractivity contribution in [3.63, 3.8) is 0 Å². The van der Waals surface area contributed by atoms with E-state index in [0.717, 1.165) is 29.6 Å². The van der Waals surface area contributed by atoms with Crippen LogP contribution in [0.2, 0.25) is 0 Å². The molecule has 2 saturated carbocycles. The monoisotopic (exact) mass is 254 g/mol.